The highest BCUT2D eigenvalue weighted by Gasteiger charge is 2.38. The number of hydrogen-bond donors (Lipinski definition) is 5. The van der Waals surface area contributed by atoms with Gasteiger partial charge in [0, 0.05) is 12.7 Å². The van der Waals surface area contributed by atoms with E-state index < -0.39 is 35.6 Å². The van der Waals surface area contributed by atoms with Crippen LogP contribution in [0.1, 0.15) is 41.7 Å². The minimum absolute atomic E-state index is 0.0849. The van der Waals surface area contributed by atoms with Gasteiger partial charge in [0.1, 0.15) is 11.6 Å². The number of carboxylic acids is 2. The van der Waals surface area contributed by atoms with Crippen molar-refractivity contribution in [1.29, 1.82) is 0 Å². The molecule has 0 saturated carbocycles. The molecule has 1 unspecified atom stereocenters. The first-order valence-electron chi connectivity index (χ1n) is 10.4. The Morgan fingerprint density at radius 2 is 1.67 bits per heavy atom. The van der Waals surface area contributed by atoms with Crippen molar-refractivity contribution in [2.75, 3.05) is 6.54 Å². The van der Waals surface area contributed by atoms with Crippen LogP contribution in [-0.2, 0) is 9.59 Å². The number of benzene rings is 1. The van der Waals surface area contributed by atoms with E-state index in [0.29, 0.717) is 6.42 Å². The zero-order valence-electron chi connectivity index (χ0n) is 19.1. The van der Waals surface area contributed by atoms with Crippen LogP contribution in [0.15, 0.2) is 58.4 Å². The number of pyridine rings is 1. The molecule has 7 N–H and O–H groups in total. The van der Waals surface area contributed by atoms with Crippen molar-refractivity contribution in [2.45, 2.75) is 38.0 Å². The quantitative estimate of drug-likeness (QED) is 0.188. The summed E-state index contributed by atoms with van der Waals surface area (Å²) >= 11 is 0. The average Bonchev–Trinajstić information content (AvgIpc) is 2.80. The standard InChI is InChI=1S/C20H25N5O4.C2HF3O2/c1-13(14-7-3-2-4-8-14)25-12-6-9-15(18(25)27)17(26)24-16(19(28)29)10-5-11-23-20(21)22;3-2(4,5)1(6)7/h2-4,6-9,12-13,16H,5,10-11H2,1H3,(H,24,26)(H,28,29)(H4,21,22,23);(H,6,7)/t13?,16-;/m0./s1. The lowest BCUT2D eigenvalue weighted by atomic mass is 10.1. The lowest BCUT2D eigenvalue weighted by molar-refractivity contribution is -0.192. The van der Waals surface area contributed by atoms with Gasteiger partial charge in [-0.05, 0) is 37.5 Å². The molecule has 1 aromatic heterocycles. The van der Waals surface area contributed by atoms with E-state index in [1.54, 1.807) is 12.3 Å². The molecule has 14 heteroatoms. The molecule has 0 aliphatic carbocycles. The van der Waals surface area contributed by atoms with Gasteiger partial charge in [0.2, 0.25) is 0 Å². The molecule has 0 bridgehead atoms. The van der Waals surface area contributed by atoms with Crippen molar-refractivity contribution in [1.82, 2.24) is 9.88 Å². The smallest absolute Gasteiger partial charge is 0.480 e. The molecule has 36 heavy (non-hydrogen) atoms. The molecule has 1 heterocycles. The van der Waals surface area contributed by atoms with Crippen molar-refractivity contribution in [3.05, 3.63) is 70.1 Å². The lowest BCUT2D eigenvalue weighted by Gasteiger charge is -2.17. The molecule has 11 nitrogen and oxygen atoms in total. The fourth-order valence-corrected chi connectivity index (χ4v) is 2.88. The first-order valence-corrected chi connectivity index (χ1v) is 10.4. The maximum atomic E-state index is 12.8. The third kappa shape index (κ3) is 9.48. The van der Waals surface area contributed by atoms with E-state index in [-0.39, 0.29) is 30.5 Å². The van der Waals surface area contributed by atoms with Crippen LogP contribution in [0.3, 0.4) is 0 Å². The molecule has 196 valence electrons. The largest absolute Gasteiger partial charge is 0.490 e. The minimum Gasteiger partial charge on any atom is -0.480 e. The summed E-state index contributed by atoms with van der Waals surface area (Å²) in [6, 6.07) is 10.9. The van der Waals surface area contributed by atoms with Gasteiger partial charge in [0.15, 0.2) is 5.96 Å². The molecule has 0 radical (unpaired) electrons. The fraction of sp³-hybridized carbons (Fsp3) is 0.318. The number of hydrogen-bond acceptors (Lipinski definition) is 5. The number of carbonyl (C=O) groups excluding carboxylic acids is 1. The van der Waals surface area contributed by atoms with Crippen molar-refractivity contribution < 1.29 is 37.8 Å². The van der Waals surface area contributed by atoms with Gasteiger partial charge in [0.05, 0.1) is 6.04 Å². The van der Waals surface area contributed by atoms with Gasteiger partial charge < -0.3 is 31.6 Å². The van der Waals surface area contributed by atoms with Gasteiger partial charge in [-0.3, -0.25) is 14.6 Å². The van der Waals surface area contributed by atoms with E-state index in [4.69, 9.17) is 21.4 Å². The van der Waals surface area contributed by atoms with Crippen LogP contribution < -0.4 is 22.3 Å². The molecule has 1 amide bonds. The third-order valence-corrected chi connectivity index (χ3v) is 4.71. The van der Waals surface area contributed by atoms with Crippen LogP contribution in [-0.4, -0.2) is 57.3 Å². The Bertz CT molecular complexity index is 1130. The van der Waals surface area contributed by atoms with E-state index in [0.717, 1.165) is 5.56 Å². The Balaban J connectivity index is 0.000000809. The number of amides is 1. The first kappa shape index (κ1) is 29.7. The molecule has 2 atom stereocenters. The van der Waals surface area contributed by atoms with E-state index in [1.807, 2.05) is 37.3 Å². The Morgan fingerprint density at radius 3 is 2.17 bits per heavy atom. The summed E-state index contributed by atoms with van der Waals surface area (Å²) in [5.41, 5.74) is 10.8. The second kappa shape index (κ2) is 13.5. The van der Waals surface area contributed by atoms with Crippen molar-refractivity contribution in [2.24, 2.45) is 16.5 Å². The molecular formula is C22H26F3N5O6. The van der Waals surface area contributed by atoms with Crippen LogP contribution in [0.2, 0.25) is 0 Å². The minimum atomic E-state index is -5.08. The fourth-order valence-electron chi connectivity index (χ4n) is 2.88. The maximum Gasteiger partial charge on any atom is 0.490 e. The highest BCUT2D eigenvalue weighted by molar-refractivity contribution is 5.96. The number of nitrogens with zero attached hydrogens (tertiary/aromatic N) is 2. The van der Waals surface area contributed by atoms with E-state index in [1.165, 1.54) is 10.6 Å². The van der Waals surface area contributed by atoms with Crippen LogP contribution in [0, 0.1) is 0 Å². The highest BCUT2D eigenvalue weighted by atomic mass is 19.4. The van der Waals surface area contributed by atoms with E-state index >= 15 is 0 Å². The predicted molar refractivity (Wildman–Crippen MR) is 123 cm³/mol. The third-order valence-electron chi connectivity index (χ3n) is 4.71. The molecule has 0 aliphatic heterocycles. The van der Waals surface area contributed by atoms with Gasteiger partial charge in [-0.25, -0.2) is 9.59 Å². The summed E-state index contributed by atoms with van der Waals surface area (Å²) in [6.45, 7) is 2.09. The van der Waals surface area contributed by atoms with Gasteiger partial charge in [-0.2, -0.15) is 13.2 Å². The van der Waals surface area contributed by atoms with Crippen molar-refractivity contribution in [3.63, 3.8) is 0 Å². The van der Waals surface area contributed by atoms with E-state index in [2.05, 4.69) is 10.3 Å². The van der Waals surface area contributed by atoms with Crippen LogP contribution >= 0.6 is 0 Å². The second-order valence-electron chi connectivity index (χ2n) is 7.34. The number of aromatic nitrogens is 1. The number of carboxylic acid groups (broad SMARTS) is 2. The normalized spacial score (nSPS) is 12.3. The summed E-state index contributed by atoms with van der Waals surface area (Å²) in [7, 11) is 0. The Kier molecular flexibility index (Phi) is 11.1. The average molecular weight is 513 g/mol. The van der Waals surface area contributed by atoms with Gasteiger partial charge in [-0.1, -0.05) is 30.3 Å². The van der Waals surface area contributed by atoms with Crippen molar-refractivity contribution >= 4 is 23.8 Å². The molecule has 0 fully saturated rings. The van der Waals surface area contributed by atoms with Crippen molar-refractivity contribution in [3.8, 4) is 0 Å². The zero-order chi connectivity index (χ0) is 27.5. The Morgan fingerprint density at radius 1 is 1.08 bits per heavy atom. The summed E-state index contributed by atoms with van der Waals surface area (Å²) in [5, 5.41) is 18.9. The maximum absolute atomic E-state index is 12.8. The Labute approximate surface area is 203 Å². The van der Waals surface area contributed by atoms with E-state index in [9.17, 15) is 32.7 Å². The first-order chi connectivity index (χ1) is 16.8. The number of aliphatic imine (C=N–C) groups is 1. The second-order valence-corrected chi connectivity index (χ2v) is 7.34. The number of aliphatic carboxylic acids is 2. The van der Waals surface area contributed by atoms with Gasteiger partial charge >= 0.3 is 18.1 Å². The zero-order valence-corrected chi connectivity index (χ0v) is 19.1. The SMILES string of the molecule is CC(c1ccccc1)n1cccc(C(=O)N[C@@H](CCCN=C(N)N)C(=O)O)c1=O.O=C(O)C(F)(F)F. The van der Waals surface area contributed by atoms with Crippen LogP contribution in [0.25, 0.3) is 0 Å². The van der Waals surface area contributed by atoms with Gasteiger partial charge in [-0.15, -0.1) is 0 Å². The molecule has 0 spiro atoms. The highest BCUT2D eigenvalue weighted by Crippen LogP contribution is 2.15. The number of guanidine groups is 1. The topological polar surface area (TPSA) is 190 Å². The molecule has 2 aromatic rings. The van der Waals surface area contributed by atoms with Crippen LogP contribution in [0.5, 0.6) is 0 Å². The monoisotopic (exact) mass is 513 g/mol. The van der Waals surface area contributed by atoms with Gasteiger partial charge in [0.25, 0.3) is 11.5 Å². The summed E-state index contributed by atoms with van der Waals surface area (Å²) in [4.78, 5) is 49.5. The molecular weight excluding hydrogens is 487 g/mol. The number of nitrogens with two attached hydrogens (primary N) is 2. The molecule has 0 saturated heterocycles. The summed E-state index contributed by atoms with van der Waals surface area (Å²) < 4.78 is 33.2. The number of rotatable bonds is 9. The summed E-state index contributed by atoms with van der Waals surface area (Å²) in [6.07, 6.45) is -3.00. The van der Waals surface area contributed by atoms with Crippen LogP contribution in [0.4, 0.5) is 13.2 Å². The molecule has 2 rings (SSSR count). The number of nitrogens with one attached hydrogen (secondary N) is 1. The number of halogens is 3. The molecule has 1 aromatic carbocycles. The molecule has 0 aliphatic rings. The predicted octanol–water partition coefficient (Wildman–Crippen LogP) is 1.33. The number of alkyl halides is 3. The lowest BCUT2D eigenvalue weighted by Crippen LogP contribution is -2.43. The summed E-state index contributed by atoms with van der Waals surface area (Å²) in [5.74, 6) is -4.78. The number of carbonyl (C=O) groups is 3. The Hall–Kier alpha value is -4.36.